The van der Waals surface area contributed by atoms with E-state index in [4.69, 9.17) is 16.0 Å². The van der Waals surface area contributed by atoms with Gasteiger partial charge < -0.3 is 4.42 Å². The van der Waals surface area contributed by atoms with Crippen molar-refractivity contribution >= 4 is 27.7 Å². The fourth-order valence-corrected chi connectivity index (χ4v) is 4.12. The van der Waals surface area contributed by atoms with Crippen LogP contribution in [0, 0.1) is 0 Å². The second-order valence-electron chi connectivity index (χ2n) is 5.05. The molecule has 3 rings (SSSR count). The monoisotopic (exact) mass is 323 g/mol. The first-order chi connectivity index (χ1) is 10.0. The SMILES string of the molecule is O=S1(=O)CC[C@H](N=Cc2ccc(-c3cccc(Cl)c3)o2)C1. The van der Waals surface area contributed by atoms with Gasteiger partial charge >= 0.3 is 0 Å². The fourth-order valence-electron chi connectivity index (χ4n) is 2.29. The zero-order chi connectivity index (χ0) is 14.9. The summed E-state index contributed by atoms with van der Waals surface area (Å²) in [5.41, 5.74) is 0.894. The number of hydrogen-bond acceptors (Lipinski definition) is 4. The number of nitrogens with zero attached hydrogens (tertiary/aromatic N) is 1. The molecule has 1 saturated heterocycles. The fraction of sp³-hybridized carbons (Fsp3) is 0.267. The lowest BCUT2D eigenvalue weighted by atomic mass is 10.2. The maximum Gasteiger partial charge on any atom is 0.152 e. The second kappa shape index (κ2) is 5.66. The summed E-state index contributed by atoms with van der Waals surface area (Å²) in [6, 6.07) is 10.9. The number of rotatable bonds is 3. The first-order valence-corrected chi connectivity index (χ1v) is 8.81. The second-order valence-corrected chi connectivity index (χ2v) is 7.71. The van der Waals surface area contributed by atoms with Crippen molar-refractivity contribution < 1.29 is 12.8 Å². The summed E-state index contributed by atoms with van der Waals surface area (Å²) in [6.45, 7) is 0. The molecule has 110 valence electrons. The number of halogens is 1. The van der Waals surface area contributed by atoms with Crippen molar-refractivity contribution in [3.8, 4) is 11.3 Å². The molecule has 0 radical (unpaired) electrons. The van der Waals surface area contributed by atoms with Gasteiger partial charge in [0.15, 0.2) is 9.84 Å². The van der Waals surface area contributed by atoms with Crippen molar-refractivity contribution in [1.29, 1.82) is 0 Å². The molecule has 1 aliphatic heterocycles. The van der Waals surface area contributed by atoms with E-state index in [9.17, 15) is 8.42 Å². The molecular weight excluding hydrogens is 310 g/mol. The molecule has 0 amide bonds. The largest absolute Gasteiger partial charge is 0.455 e. The highest BCUT2D eigenvalue weighted by atomic mass is 35.5. The van der Waals surface area contributed by atoms with Crippen LogP contribution in [0.4, 0.5) is 0 Å². The zero-order valence-corrected chi connectivity index (χ0v) is 12.8. The van der Waals surface area contributed by atoms with Crippen LogP contribution in [0.5, 0.6) is 0 Å². The molecule has 0 saturated carbocycles. The van der Waals surface area contributed by atoms with Crippen molar-refractivity contribution in [3.05, 3.63) is 47.2 Å². The van der Waals surface area contributed by atoms with Gasteiger partial charge in [-0.2, -0.15) is 0 Å². The molecule has 1 aliphatic rings. The molecule has 0 aliphatic carbocycles. The van der Waals surface area contributed by atoms with Crippen LogP contribution in [-0.2, 0) is 9.84 Å². The van der Waals surface area contributed by atoms with E-state index in [1.807, 2.05) is 30.3 Å². The normalized spacial score (nSPS) is 21.1. The molecule has 0 N–H and O–H groups in total. The highest BCUT2D eigenvalue weighted by Gasteiger charge is 2.26. The van der Waals surface area contributed by atoms with E-state index in [1.165, 1.54) is 0 Å². The van der Waals surface area contributed by atoms with Gasteiger partial charge in [-0.25, -0.2) is 8.42 Å². The van der Waals surface area contributed by atoms with Crippen molar-refractivity contribution in [3.63, 3.8) is 0 Å². The van der Waals surface area contributed by atoms with Crippen molar-refractivity contribution in [2.75, 3.05) is 11.5 Å². The predicted molar refractivity (Wildman–Crippen MR) is 83.8 cm³/mol. The Morgan fingerprint density at radius 3 is 2.86 bits per heavy atom. The van der Waals surface area contributed by atoms with Crippen LogP contribution in [0.25, 0.3) is 11.3 Å². The Morgan fingerprint density at radius 2 is 2.14 bits per heavy atom. The van der Waals surface area contributed by atoms with Crippen LogP contribution in [0.1, 0.15) is 12.2 Å². The van der Waals surface area contributed by atoms with E-state index in [0.717, 1.165) is 5.56 Å². The van der Waals surface area contributed by atoms with E-state index in [-0.39, 0.29) is 17.5 Å². The van der Waals surface area contributed by atoms with Gasteiger partial charge in [0.05, 0.1) is 23.8 Å². The van der Waals surface area contributed by atoms with Gasteiger partial charge in [0, 0.05) is 10.6 Å². The summed E-state index contributed by atoms with van der Waals surface area (Å²) in [4.78, 5) is 4.29. The highest BCUT2D eigenvalue weighted by molar-refractivity contribution is 7.91. The Balaban J connectivity index is 1.74. The predicted octanol–water partition coefficient (Wildman–Crippen LogP) is 3.21. The molecule has 1 aromatic carbocycles. The van der Waals surface area contributed by atoms with Gasteiger partial charge in [-0.15, -0.1) is 0 Å². The molecule has 21 heavy (non-hydrogen) atoms. The Morgan fingerprint density at radius 1 is 1.29 bits per heavy atom. The van der Waals surface area contributed by atoms with E-state index < -0.39 is 9.84 Å². The third-order valence-corrected chi connectivity index (χ3v) is 5.34. The lowest BCUT2D eigenvalue weighted by molar-refractivity contribution is 0.573. The standard InChI is InChI=1S/C15H14ClNO3S/c16-12-3-1-2-11(8-12)15-5-4-14(20-15)9-17-13-6-7-21(18,19)10-13/h1-5,8-9,13H,6-7,10H2/t13-/m0/s1. The van der Waals surface area contributed by atoms with Crippen LogP contribution in [0.2, 0.25) is 5.02 Å². The van der Waals surface area contributed by atoms with Gasteiger partial charge in [-0.05, 0) is 30.7 Å². The average Bonchev–Trinajstić information content (AvgIpc) is 3.03. The Hall–Kier alpha value is -1.59. The molecule has 0 unspecified atom stereocenters. The zero-order valence-electron chi connectivity index (χ0n) is 11.2. The highest BCUT2D eigenvalue weighted by Crippen LogP contribution is 2.24. The smallest absolute Gasteiger partial charge is 0.152 e. The molecular formula is C15H14ClNO3S. The Kier molecular flexibility index (Phi) is 3.87. The summed E-state index contributed by atoms with van der Waals surface area (Å²) >= 11 is 5.95. The van der Waals surface area contributed by atoms with E-state index in [1.54, 1.807) is 12.3 Å². The molecule has 4 nitrogen and oxygen atoms in total. The topological polar surface area (TPSA) is 59.6 Å². The van der Waals surface area contributed by atoms with Crippen LogP contribution in [-0.4, -0.2) is 32.2 Å². The maximum absolute atomic E-state index is 11.4. The maximum atomic E-state index is 11.4. The van der Waals surface area contributed by atoms with Crippen LogP contribution in [0.15, 0.2) is 45.8 Å². The molecule has 1 fully saturated rings. The average molecular weight is 324 g/mol. The number of aliphatic imine (C=N–C) groups is 1. The van der Waals surface area contributed by atoms with Crippen molar-refractivity contribution in [2.45, 2.75) is 12.5 Å². The van der Waals surface area contributed by atoms with Gasteiger partial charge in [-0.1, -0.05) is 23.7 Å². The minimum absolute atomic E-state index is 0.130. The number of sulfone groups is 1. The third kappa shape index (κ3) is 3.54. The van der Waals surface area contributed by atoms with Crippen LogP contribution in [0.3, 0.4) is 0 Å². The van der Waals surface area contributed by atoms with E-state index in [2.05, 4.69) is 4.99 Å². The van der Waals surface area contributed by atoms with Crippen molar-refractivity contribution in [1.82, 2.24) is 0 Å². The van der Waals surface area contributed by atoms with Gasteiger partial charge in [-0.3, -0.25) is 4.99 Å². The molecule has 1 aromatic heterocycles. The van der Waals surface area contributed by atoms with Gasteiger partial charge in [0.2, 0.25) is 0 Å². The summed E-state index contributed by atoms with van der Waals surface area (Å²) in [7, 11) is -2.90. The Labute approximate surface area is 128 Å². The Bertz CT molecular complexity index is 780. The molecule has 6 heteroatoms. The molecule has 2 heterocycles. The minimum atomic E-state index is -2.90. The van der Waals surface area contributed by atoms with E-state index in [0.29, 0.717) is 23.0 Å². The lowest BCUT2D eigenvalue weighted by Gasteiger charge is -1.98. The lowest BCUT2D eigenvalue weighted by Crippen LogP contribution is -2.07. The van der Waals surface area contributed by atoms with Crippen LogP contribution >= 0.6 is 11.6 Å². The van der Waals surface area contributed by atoms with E-state index >= 15 is 0 Å². The molecule has 1 atom stereocenters. The summed E-state index contributed by atoms with van der Waals surface area (Å²) in [5, 5.41) is 0.648. The molecule has 0 spiro atoms. The van der Waals surface area contributed by atoms with Crippen molar-refractivity contribution in [2.24, 2.45) is 4.99 Å². The molecule has 0 bridgehead atoms. The minimum Gasteiger partial charge on any atom is -0.455 e. The van der Waals surface area contributed by atoms with Gasteiger partial charge in [0.25, 0.3) is 0 Å². The number of furan rings is 1. The summed E-state index contributed by atoms with van der Waals surface area (Å²) < 4.78 is 28.4. The summed E-state index contributed by atoms with van der Waals surface area (Å²) in [6.07, 6.45) is 2.18. The molecule has 2 aromatic rings. The van der Waals surface area contributed by atoms with Gasteiger partial charge in [0.1, 0.15) is 11.5 Å². The number of benzene rings is 1. The number of hydrogen-bond donors (Lipinski definition) is 0. The first-order valence-electron chi connectivity index (χ1n) is 6.61. The van der Waals surface area contributed by atoms with Crippen LogP contribution < -0.4 is 0 Å². The first kappa shape index (κ1) is 14.4. The summed E-state index contributed by atoms with van der Waals surface area (Å²) in [5.74, 6) is 1.67. The third-order valence-electron chi connectivity index (χ3n) is 3.36. The quantitative estimate of drug-likeness (QED) is 0.815.